The lowest BCUT2D eigenvalue weighted by Gasteiger charge is -2.38. The molecule has 174 valence electrons. The number of amides is 2. The first-order chi connectivity index (χ1) is 15.8. The maximum absolute atomic E-state index is 13.3. The predicted molar refractivity (Wildman–Crippen MR) is 125 cm³/mol. The summed E-state index contributed by atoms with van der Waals surface area (Å²) < 4.78 is 5.77. The normalized spacial score (nSPS) is 21.5. The van der Waals surface area contributed by atoms with Gasteiger partial charge in [0.2, 0.25) is 0 Å². The smallest absolute Gasteiger partial charge is 0.272 e. The fourth-order valence-electron chi connectivity index (χ4n) is 3.96. The van der Waals surface area contributed by atoms with Gasteiger partial charge in [0.05, 0.1) is 18.2 Å². The molecule has 2 aliphatic heterocycles. The number of thiophene rings is 1. The molecule has 0 spiro atoms. The largest absolute Gasteiger partial charge is 0.494 e. The van der Waals surface area contributed by atoms with Crippen molar-refractivity contribution in [3.63, 3.8) is 0 Å². The van der Waals surface area contributed by atoms with Crippen LogP contribution in [0, 0.1) is 0 Å². The Hall–Kier alpha value is -3.04. The molecule has 0 aliphatic carbocycles. The number of benzene rings is 1. The molecule has 33 heavy (non-hydrogen) atoms. The average Bonchev–Trinajstić information content (AvgIpc) is 3.44. The number of hydrogen-bond acceptors (Lipinski definition) is 7. The van der Waals surface area contributed by atoms with E-state index in [0.29, 0.717) is 18.6 Å². The molecular formula is C24H28N4O4S. The molecule has 1 aromatic carbocycles. The summed E-state index contributed by atoms with van der Waals surface area (Å²) in [6.45, 7) is 6.37. The van der Waals surface area contributed by atoms with Crippen LogP contribution in [0.4, 0.5) is 0 Å². The number of carbonyl (C=O) groups excluding carboxylic acids is 2. The number of aliphatic hydroxyl groups excluding tert-OH is 1. The summed E-state index contributed by atoms with van der Waals surface area (Å²) in [6, 6.07) is 11.5. The van der Waals surface area contributed by atoms with Crippen molar-refractivity contribution in [1.29, 1.82) is 0 Å². The summed E-state index contributed by atoms with van der Waals surface area (Å²) in [4.78, 5) is 27.3. The molecule has 2 aromatic rings. The Balaban J connectivity index is 1.70. The standard InChI is InChI=1S/C24H28N4O4S/c1-4-5-12-32-17-8-6-16(7-9-17)24(3)13-18(20-11-10-19(33-20)15(2)29)22(23(31)26-24)28-21(30)14-25-27-28/h6-11,15,29H,4-5,12-14H2,1-3H3,(H,26,31)/t15?,24-/m0/s1. The second kappa shape index (κ2) is 9.44. The molecule has 3 heterocycles. The van der Waals surface area contributed by atoms with Crippen LogP contribution >= 0.6 is 11.3 Å². The van der Waals surface area contributed by atoms with Crippen LogP contribution in [0.15, 0.2) is 52.4 Å². The van der Waals surface area contributed by atoms with E-state index in [9.17, 15) is 14.7 Å². The van der Waals surface area contributed by atoms with Crippen LogP contribution in [0.3, 0.4) is 0 Å². The summed E-state index contributed by atoms with van der Waals surface area (Å²) in [7, 11) is 0. The van der Waals surface area contributed by atoms with Crippen molar-refractivity contribution in [2.75, 3.05) is 13.2 Å². The number of ether oxygens (including phenoxy) is 1. The molecule has 0 fully saturated rings. The Morgan fingerprint density at radius 3 is 2.61 bits per heavy atom. The van der Waals surface area contributed by atoms with E-state index in [2.05, 4.69) is 22.6 Å². The first-order valence-corrected chi connectivity index (χ1v) is 11.9. The van der Waals surface area contributed by atoms with Gasteiger partial charge in [-0.2, -0.15) is 10.1 Å². The molecule has 0 saturated heterocycles. The van der Waals surface area contributed by atoms with Crippen LogP contribution in [0.2, 0.25) is 0 Å². The van der Waals surface area contributed by atoms with E-state index in [-0.39, 0.29) is 24.1 Å². The number of nitrogens with zero attached hydrogens (tertiary/aromatic N) is 3. The van der Waals surface area contributed by atoms with E-state index >= 15 is 0 Å². The minimum absolute atomic E-state index is 0.0792. The molecule has 4 rings (SSSR count). The summed E-state index contributed by atoms with van der Waals surface area (Å²) in [5.74, 6) is 0.0580. The molecule has 0 bridgehead atoms. The van der Waals surface area contributed by atoms with Gasteiger partial charge in [-0.05, 0) is 50.1 Å². The first-order valence-electron chi connectivity index (χ1n) is 11.1. The van der Waals surface area contributed by atoms with E-state index in [1.54, 1.807) is 6.92 Å². The lowest BCUT2D eigenvalue weighted by atomic mass is 9.81. The molecule has 1 unspecified atom stereocenters. The van der Waals surface area contributed by atoms with Crippen molar-refractivity contribution in [1.82, 2.24) is 10.3 Å². The lowest BCUT2D eigenvalue weighted by molar-refractivity contribution is -0.130. The van der Waals surface area contributed by atoms with Crippen molar-refractivity contribution in [2.45, 2.75) is 51.7 Å². The number of hydrogen-bond donors (Lipinski definition) is 2. The minimum Gasteiger partial charge on any atom is -0.494 e. The van der Waals surface area contributed by atoms with Crippen LogP contribution < -0.4 is 10.1 Å². The number of rotatable bonds is 8. The van der Waals surface area contributed by atoms with E-state index in [1.807, 2.05) is 43.3 Å². The zero-order chi connectivity index (χ0) is 23.6. The summed E-state index contributed by atoms with van der Waals surface area (Å²) in [5, 5.41) is 21.9. The Kier molecular flexibility index (Phi) is 6.62. The highest BCUT2D eigenvalue weighted by atomic mass is 32.1. The highest BCUT2D eigenvalue weighted by Crippen LogP contribution is 2.42. The zero-order valence-corrected chi connectivity index (χ0v) is 19.8. The van der Waals surface area contributed by atoms with Gasteiger partial charge < -0.3 is 15.2 Å². The van der Waals surface area contributed by atoms with Crippen LogP contribution in [0.5, 0.6) is 5.75 Å². The Morgan fingerprint density at radius 2 is 2.00 bits per heavy atom. The number of nitrogens with one attached hydrogen (secondary N) is 1. The molecule has 2 aliphatic rings. The minimum atomic E-state index is -0.702. The van der Waals surface area contributed by atoms with Crippen molar-refractivity contribution in [2.24, 2.45) is 10.3 Å². The summed E-state index contributed by atoms with van der Waals surface area (Å²) in [5.41, 5.74) is 1.12. The maximum atomic E-state index is 13.3. The predicted octanol–water partition coefficient (Wildman–Crippen LogP) is 4.34. The topological polar surface area (TPSA) is 104 Å². The monoisotopic (exact) mass is 468 g/mol. The molecule has 2 amide bonds. The van der Waals surface area contributed by atoms with Crippen molar-refractivity contribution in [3.05, 3.63) is 57.4 Å². The summed E-state index contributed by atoms with van der Waals surface area (Å²) >= 11 is 1.40. The van der Waals surface area contributed by atoms with Gasteiger partial charge in [0, 0.05) is 21.7 Å². The van der Waals surface area contributed by atoms with Crippen molar-refractivity contribution < 1.29 is 19.4 Å². The van der Waals surface area contributed by atoms with Gasteiger partial charge in [0.1, 0.15) is 18.0 Å². The van der Waals surface area contributed by atoms with Gasteiger partial charge >= 0.3 is 0 Å². The van der Waals surface area contributed by atoms with E-state index in [4.69, 9.17) is 4.74 Å². The number of unbranched alkanes of at least 4 members (excludes halogenated alkanes) is 1. The van der Waals surface area contributed by atoms with Gasteiger partial charge in [-0.3, -0.25) is 9.59 Å². The highest BCUT2D eigenvalue weighted by molar-refractivity contribution is 7.13. The molecular weight excluding hydrogens is 440 g/mol. The molecule has 0 saturated carbocycles. The van der Waals surface area contributed by atoms with Gasteiger partial charge in [-0.15, -0.1) is 11.3 Å². The van der Waals surface area contributed by atoms with Crippen LogP contribution in [-0.4, -0.2) is 35.1 Å². The Labute approximate surface area is 196 Å². The van der Waals surface area contributed by atoms with E-state index in [0.717, 1.165) is 38.9 Å². The van der Waals surface area contributed by atoms with E-state index in [1.165, 1.54) is 11.3 Å². The third kappa shape index (κ3) is 4.69. The van der Waals surface area contributed by atoms with Crippen molar-refractivity contribution in [3.8, 4) is 5.75 Å². The third-order valence-electron chi connectivity index (χ3n) is 5.82. The second-order valence-corrected chi connectivity index (χ2v) is 9.60. The Bertz CT molecular complexity index is 1110. The number of carbonyl (C=O) groups is 2. The average molecular weight is 469 g/mol. The van der Waals surface area contributed by atoms with E-state index < -0.39 is 11.6 Å². The second-order valence-electron chi connectivity index (χ2n) is 8.49. The maximum Gasteiger partial charge on any atom is 0.272 e. The molecule has 0 radical (unpaired) electrons. The van der Waals surface area contributed by atoms with Crippen LogP contribution in [0.1, 0.15) is 61.5 Å². The molecule has 9 heteroatoms. The molecule has 8 nitrogen and oxygen atoms in total. The van der Waals surface area contributed by atoms with Crippen LogP contribution in [-0.2, 0) is 15.1 Å². The fraction of sp³-hybridized carbons (Fsp3) is 0.417. The van der Waals surface area contributed by atoms with Gasteiger partial charge in [0.25, 0.3) is 11.8 Å². The zero-order valence-electron chi connectivity index (χ0n) is 19.0. The number of aliphatic hydroxyl groups is 1. The fourth-order valence-corrected chi connectivity index (χ4v) is 4.95. The third-order valence-corrected chi connectivity index (χ3v) is 7.14. The quantitative estimate of drug-likeness (QED) is 0.563. The molecule has 1 aromatic heterocycles. The SMILES string of the molecule is CCCCOc1ccc([C@]2(C)CC(c3ccc(C(C)O)s3)=C(N3N=NCC3=O)C(=O)N2)cc1. The highest BCUT2D eigenvalue weighted by Gasteiger charge is 2.42. The Morgan fingerprint density at radius 1 is 1.24 bits per heavy atom. The molecule has 2 atom stereocenters. The molecule has 2 N–H and O–H groups in total. The summed E-state index contributed by atoms with van der Waals surface area (Å²) in [6.07, 6.45) is 1.89. The lowest BCUT2D eigenvalue weighted by Crippen LogP contribution is -2.50. The van der Waals surface area contributed by atoms with Gasteiger partial charge in [-0.1, -0.05) is 30.7 Å². The van der Waals surface area contributed by atoms with Crippen LogP contribution in [0.25, 0.3) is 5.57 Å². The van der Waals surface area contributed by atoms with Crippen molar-refractivity contribution >= 4 is 28.7 Å². The van der Waals surface area contributed by atoms with Gasteiger partial charge in [-0.25, -0.2) is 0 Å². The first kappa shape index (κ1) is 23.1. The van der Waals surface area contributed by atoms with Gasteiger partial charge in [0.15, 0.2) is 0 Å².